The van der Waals surface area contributed by atoms with E-state index in [4.69, 9.17) is 4.84 Å². The molecule has 0 spiro atoms. The van der Waals surface area contributed by atoms with Gasteiger partial charge in [-0.1, -0.05) is 26.7 Å². The number of hydroxylamine groups is 2. The van der Waals surface area contributed by atoms with Gasteiger partial charge in [0.05, 0.1) is 5.41 Å². The summed E-state index contributed by atoms with van der Waals surface area (Å²) in [6.07, 6.45) is 3.50. The predicted octanol–water partition coefficient (Wildman–Crippen LogP) is 2.20. The van der Waals surface area contributed by atoms with Crippen molar-refractivity contribution in [3.63, 3.8) is 0 Å². The van der Waals surface area contributed by atoms with Crippen molar-refractivity contribution in [2.45, 2.75) is 59.3 Å². The van der Waals surface area contributed by atoms with Crippen LogP contribution in [0.2, 0.25) is 0 Å². The van der Waals surface area contributed by atoms with Gasteiger partial charge in [-0.25, -0.2) is 4.79 Å². The summed E-state index contributed by atoms with van der Waals surface area (Å²) in [4.78, 5) is 39.8. The van der Waals surface area contributed by atoms with Crippen LogP contribution in [0.15, 0.2) is 0 Å². The molecule has 1 heterocycles. The van der Waals surface area contributed by atoms with Crippen LogP contribution in [0.4, 0.5) is 0 Å². The lowest BCUT2D eigenvalue weighted by atomic mass is 9.82. The summed E-state index contributed by atoms with van der Waals surface area (Å²) in [5, 5.41) is 0.627. The maximum Gasteiger partial charge on any atom is 0.338 e. The Bertz CT molecular complexity index is 337. The van der Waals surface area contributed by atoms with Crippen molar-refractivity contribution in [1.82, 2.24) is 5.06 Å². The molecule has 5 nitrogen and oxygen atoms in total. The second kappa shape index (κ2) is 5.98. The third-order valence-corrected chi connectivity index (χ3v) is 3.54. The topological polar surface area (TPSA) is 63.7 Å². The molecule has 1 saturated heterocycles. The van der Waals surface area contributed by atoms with Gasteiger partial charge in [0.1, 0.15) is 0 Å². The lowest BCUT2D eigenvalue weighted by Gasteiger charge is -2.27. The molecule has 1 aliphatic rings. The van der Waals surface area contributed by atoms with Gasteiger partial charge in [-0.2, -0.15) is 0 Å². The minimum Gasteiger partial charge on any atom is -0.330 e. The molecule has 0 aromatic rings. The summed E-state index contributed by atoms with van der Waals surface area (Å²) < 4.78 is 0. The van der Waals surface area contributed by atoms with E-state index < -0.39 is 23.2 Å². The summed E-state index contributed by atoms with van der Waals surface area (Å²) >= 11 is 0. The molecule has 0 saturated carbocycles. The van der Waals surface area contributed by atoms with Crippen molar-refractivity contribution < 1.29 is 19.2 Å². The fraction of sp³-hybridized carbons (Fsp3) is 0.769. The molecule has 1 aliphatic heterocycles. The van der Waals surface area contributed by atoms with Crippen LogP contribution in [-0.2, 0) is 19.2 Å². The molecule has 0 bridgehead atoms. The molecule has 0 aromatic carbocycles. The lowest BCUT2D eigenvalue weighted by molar-refractivity contribution is -0.205. The number of carbonyl (C=O) groups is 3. The first-order valence-electron chi connectivity index (χ1n) is 6.52. The summed E-state index contributed by atoms with van der Waals surface area (Å²) in [7, 11) is 0. The Morgan fingerprint density at radius 3 is 2.28 bits per heavy atom. The first-order valence-corrected chi connectivity index (χ1v) is 6.52. The average Bonchev–Trinajstić information content (AvgIpc) is 2.67. The van der Waals surface area contributed by atoms with Crippen molar-refractivity contribution >= 4 is 17.8 Å². The van der Waals surface area contributed by atoms with Crippen molar-refractivity contribution in [2.24, 2.45) is 5.41 Å². The highest BCUT2D eigenvalue weighted by Gasteiger charge is 2.39. The molecule has 18 heavy (non-hydrogen) atoms. The van der Waals surface area contributed by atoms with Crippen molar-refractivity contribution in [2.75, 3.05) is 0 Å². The highest BCUT2D eigenvalue weighted by atomic mass is 16.7. The zero-order valence-corrected chi connectivity index (χ0v) is 11.3. The van der Waals surface area contributed by atoms with E-state index in [0.29, 0.717) is 17.9 Å². The lowest BCUT2D eigenvalue weighted by Crippen LogP contribution is -2.38. The third kappa shape index (κ3) is 3.09. The number of hydrogen-bond acceptors (Lipinski definition) is 4. The maximum absolute atomic E-state index is 12.1. The fourth-order valence-electron chi connectivity index (χ4n) is 1.84. The second-order valence-corrected chi connectivity index (χ2v) is 4.98. The van der Waals surface area contributed by atoms with Gasteiger partial charge in [0.15, 0.2) is 0 Å². The molecule has 1 rings (SSSR count). The first-order chi connectivity index (χ1) is 8.44. The largest absolute Gasteiger partial charge is 0.338 e. The Balaban J connectivity index is 2.67. The minimum absolute atomic E-state index is 0.129. The number of carbonyl (C=O) groups excluding carboxylic acids is 3. The van der Waals surface area contributed by atoms with Gasteiger partial charge >= 0.3 is 5.97 Å². The minimum atomic E-state index is -0.626. The summed E-state index contributed by atoms with van der Waals surface area (Å²) in [5.74, 6) is -1.34. The molecule has 0 N–H and O–H groups in total. The SMILES string of the molecule is CCCCC(C)(CC)C(=O)ON1C(=O)CCC1=O. The van der Waals surface area contributed by atoms with E-state index in [0.717, 1.165) is 12.8 Å². The van der Waals surface area contributed by atoms with E-state index in [1.54, 1.807) is 0 Å². The van der Waals surface area contributed by atoms with Crippen LogP contribution in [-0.4, -0.2) is 22.8 Å². The highest BCUT2D eigenvalue weighted by molar-refractivity contribution is 6.01. The number of amides is 2. The van der Waals surface area contributed by atoms with Gasteiger partial charge < -0.3 is 4.84 Å². The summed E-state index contributed by atoms with van der Waals surface area (Å²) in [6.45, 7) is 5.77. The molecule has 0 aliphatic carbocycles. The van der Waals surface area contributed by atoms with Gasteiger partial charge in [0.2, 0.25) is 0 Å². The molecular formula is C13H21NO4. The van der Waals surface area contributed by atoms with Crippen LogP contribution in [0.1, 0.15) is 59.3 Å². The molecule has 1 atom stereocenters. The van der Waals surface area contributed by atoms with E-state index >= 15 is 0 Å². The van der Waals surface area contributed by atoms with Crippen LogP contribution >= 0.6 is 0 Å². The molecule has 1 unspecified atom stereocenters. The molecule has 5 heteroatoms. The van der Waals surface area contributed by atoms with Crippen LogP contribution in [0, 0.1) is 5.41 Å². The van der Waals surface area contributed by atoms with Gasteiger partial charge in [0.25, 0.3) is 11.8 Å². The van der Waals surface area contributed by atoms with E-state index in [-0.39, 0.29) is 12.8 Å². The molecule has 0 radical (unpaired) electrons. The monoisotopic (exact) mass is 255 g/mol. The number of nitrogens with zero attached hydrogens (tertiary/aromatic N) is 1. The van der Waals surface area contributed by atoms with Crippen LogP contribution in [0.25, 0.3) is 0 Å². The van der Waals surface area contributed by atoms with E-state index in [2.05, 4.69) is 6.92 Å². The Hall–Kier alpha value is -1.39. The second-order valence-electron chi connectivity index (χ2n) is 4.98. The van der Waals surface area contributed by atoms with Gasteiger partial charge in [-0.15, -0.1) is 5.06 Å². The predicted molar refractivity (Wildman–Crippen MR) is 65.1 cm³/mol. The zero-order valence-electron chi connectivity index (χ0n) is 11.3. The first kappa shape index (κ1) is 14.7. The van der Waals surface area contributed by atoms with Crippen molar-refractivity contribution in [1.29, 1.82) is 0 Å². The third-order valence-electron chi connectivity index (χ3n) is 3.54. The number of rotatable bonds is 6. The Morgan fingerprint density at radius 1 is 1.28 bits per heavy atom. The quantitative estimate of drug-likeness (QED) is 0.682. The Kier molecular flexibility index (Phi) is 4.87. The fourth-order valence-corrected chi connectivity index (χ4v) is 1.84. The van der Waals surface area contributed by atoms with Crippen LogP contribution in [0.5, 0.6) is 0 Å². The zero-order chi connectivity index (χ0) is 13.8. The number of imide groups is 1. The van der Waals surface area contributed by atoms with E-state index in [9.17, 15) is 14.4 Å². The molecule has 1 fully saturated rings. The maximum atomic E-state index is 12.1. The van der Waals surface area contributed by atoms with Crippen LogP contribution < -0.4 is 0 Å². The summed E-state index contributed by atoms with van der Waals surface area (Å²) in [5.41, 5.74) is -0.626. The smallest absolute Gasteiger partial charge is 0.330 e. The molecule has 102 valence electrons. The number of hydrogen-bond donors (Lipinski definition) is 0. The van der Waals surface area contributed by atoms with Crippen molar-refractivity contribution in [3.8, 4) is 0 Å². The van der Waals surface area contributed by atoms with Gasteiger partial charge in [-0.05, 0) is 19.8 Å². The Morgan fingerprint density at radius 2 is 1.83 bits per heavy atom. The summed E-state index contributed by atoms with van der Waals surface area (Å²) in [6, 6.07) is 0. The standard InChI is InChI=1S/C13H21NO4/c1-4-6-9-13(3,5-2)12(17)18-14-10(15)7-8-11(14)16/h4-9H2,1-3H3. The molecule has 2 amide bonds. The van der Waals surface area contributed by atoms with Gasteiger partial charge in [0, 0.05) is 12.8 Å². The molecule has 0 aromatic heterocycles. The van der Waals surface area contributed by atoms with E-state index in [1.165, 1.54) is 0 Å². The highest BCUT2D eigenvalue weighted by Crippen LogP contribution is 2.30. The average molecular weight is 255 g/mol. The van der Waals surface area contributed by atoms with E-state index in [1.807, 2.05) is 13.8 Å². The van der Waals surface area contributed by atoms with Crippen LogP contribution in [0.3, 0.4) is 0 Å². The van der Waals surface area contributed by atoms with Crippen molar-refractivity contribution in [3.05, 3.63) is 0 Å². The Labute approximate surface area is 107 Å². The van der Waals surface area contributed by atoms with Gasteiger partial charge in [-0.3, -0.25) is 9.59 Å². The molecular weight excluding hydrogens is 234 g/mol. The normalized spacial score (nSPS) is 18.9. The number of unbranched alkanes of at least 4 members (excludes halogenated alkanes) is 1.